The Balaban J connectivity index is 1.11. The summed E-state index contributed by atoms with van der Waals surface area (Å²) in [6, 6.07) is 16.4. The number of carbonyl (C=O) groups is 3. The Kier molecular flexibility index (Phi) is 5.79. The number of alkyl carbamates (subject to hydrolysis) is 1. The van der Waals surface area contributed by atoms with Gasteiger partial charge in [-0.25, -0.2) is 4.79 Å². The molecule has 2 amide bonds. The molecule has 0 unspecified atom stereocenters. The van der Waals surface area contributed by atoms with E-state index < -0.39 is 12.1 Å². The fraction of sp³-hybridized carbons (Fsp3) is 0.423. The molecular weight excluding hydrogens is 420 g/mol. The van der Waals surface area contributed by atoms with Gasteiger partial charge >= 0.3 is 12.1 Å². The summed E-state index contributed by atoms with van der Waals surface area (Å²) in [6.45, 7) is 0.880. The van der Waals surface area contributed by atoms with Gasteiger partial charge in [0.1, 0.15) is 13.2 Å². The molecule has 2 aromatic carbocycles. The number of carboxylic acids is 1. The fourth-order valence-electron chi connectivity index (χ4n) is 4.88. The minimum Gasteiger partial charge on any atom is -0.480 e. The van der Waals surface area contributed by atoms with E-state index in [1.54, 1.807) is 0 Å². The highest BCUT2D eigenvalue weighted by molar-refractivity contribution is 5.85. The topological polar surface area (TPSA) is 95.9 Å². The predicted molar refractivity (Wildman–Crippen MR) is 122 cm³/mol. The molecule has 2 N–H and O–H groups in total. The van der Waals surface area contributed by atoms with Gasteiger partial charge in [-0.1, -0.05) is 48.5 Å². The Labute approximate surface area is 192 Å². The van der Waals surface area contributed by atoms with Crippen molar-refractivity contribution in [2.75, 3.05) is 26.2 Å². The summed E-state index contributed by atoms with van der Waals surface area (Å²) in [6.07, 6.45) is 2.29. The maximum Gasteiger partial charge on any atom is 0.407 e. The Morgan fingerprint density at radius 3 is 2.24 bits per heavy atom. The lowest BCUT2D eigenvalue weighted by Gasteiger charge is -2.20. The van der Waals surface area contributed by atoms with Gasteiger partial charge in [-0.3, -0.25) is 9.59 Å². The molecule has 0 bridgehead atoms. The molecule has 0 aromatic heterocycles. The number of hydrogen-bond acceptors (Lipinski definition) is 4. The molecule has 2 saturated carbocycles. The van der Waals surface area contributed by atoms with E-state index in [1.807, 2.05) is 24.3 Å². The van der Waals surface area contributed by atoms with Gasteiger partial charge in [-0.05, 0) is 53.4 Å². The van der Waals surface area contributed by atoms with E-state index in [9.17, 15) is 14.4 Å². The van der Waals surface area contributed by atoms with E-state index in [1.165, 1.54) is 16.0 Å². The lowest BCUT2D eigenvalue weighted by atomic mass is 9.98. The third-order valence-corrected chi connectivity index (χ3v) is 6.91. The maximum absolute atomic E-state index is 12.7. The first kappa shape index (κ1) is 21.5. The standard InChI is InChI=1S/C26H28N2O5/c29-24(30)14-28(13-16-9-10-16)25(31)22-11-17(22)12-27-26(32)33-15-23-20-7-3-1-5-18(20)19-6-2-4-8-21(19)23/h1-8,16-17,22-23H,9-15H2,(H,27,32)(H,29,30)/t17-,22-/m1/s1. The number of amides is 2. The van der Waals surface area contributed by atoms with E-state index in [2.05, 4.69) is 29.6 Å². The zero-order valence-electron chi connectivity index (χ0n) is 18.4. The molecule has 0 heterocycles. The second-order valence-corrected chi connectivity index (χ2v) is 9.36. The smallest absolute Gasteiger partial charge is 0.407 e. The monoisotopic (exact) mass is 448 g/mol. The molecule has 7 nitrogen and oxygen atoms in total. The van der Waals surface area contributed by atoms with Crippen LogP contribution in [0.2, 0.25) is 0 Å². The largest absolute Gasteiger partial charge is 0.480 e. The van der Waals surface area contributed by atoms with E-state index >= 15 is 0 Å². The molecule has 0 aliphatic heterocycles. The summed E-state index contributed by atoms with van der Waals surface area (Å²) in [5.74, 6) is -0.832. The zero-order chi connectivity index (χ0) is 22.9. The third-order valence-electron chi connectivity index (χ3n) is 6.91. The van der Waals surface area contributed by atoms with Crippen LogP contribution in [-0.4, -0.2) is 54.2 Å². The van der Waals surface area contributed by atoms with Gasteiger partial charge in [0.15, 0.2) is 0 Å². The molecule has 2 aromatic rings. The van der Waals surface area contributed by atoms with Crippen LogP contribution in [0.4, 0.5) is 4.79 Å². The summed E-state index contributed by atoms with van der Waals surface area (Å²) in [7, 11) is 0. The number of rotatable bonds is 9. The molecular formula is C26H28N2O5. The number of nitrogens with zero attached hydrogens (tertiary/aromatic N) is 1. The first-order valence-electron chi connectivity index (χ1n) is 11.6. The van der Waals surface area contributed by atoms with E-state index in [-0.39, 0.29) is 36.8 Å². The van der Waals surface area contributed by atoms with Gasteiger partial charge in [0.05, 0.1) is 0 Å². The molecule has 2 fully saturated rings. The molecule has 7 heteroatoms. The van der Waals surface area contributed by atoms with Gasteiger partial charge in [0.25, 0.3) is 0 Å². The van der Waals surface area contributed by atoms with Crippen molar-refractivity contribution in [3.8, 4) is 11.1 Å². The summed E-state index contributed by atoms with van der Waals surface area (Å²) < 4.78 is 5.55. The van der Waals surface area contributed by atoms with Gasteiger partial charge in [-0.2, -0.15) is 0 Å². The zero-order valence-corrected chi connectivity index (χ0v) is 18.4. The lowest BCUT2D eigenvalue weighted by Crippen LogP contribution is -2.39. The van der Waals surface area contributed by atoms with Crippen LogP contribution in [0.3, 0.4) is 0 Å². The number of benzene rings is 2. The molecule has 33 heavy (non-hydrogen) atoms. The SMILES string of the molecule is O=C(O)CN(CC1CC1)C(=O)[C@@H]1C[C@@H]1CNC(=O)OCC1c2ccccc2-c2ccccc21. The van der Waals surface area contributed by atoms with Crippen LogP contribution >= 0.6 is 0 Å². The highest BCUT2D eigenvalue weighted by Crippen LogP contribution is 2.44. The maximum atomic E-state index is 12.7. The van der Waals surface area contributed by atoms with Gasteiger partial charge < -0.3 is 20.1 Å². The van der Waals surface area contributed by atoms with Crippen LogP contribution in [-0.2, 0) is 14.3 Å². The second kappa shape index (κ2) is 8.89. The number of fused-ring (bicyclic) bond motifs is 3. The predicted octanol–water partition coefficient (Wildman–Crippen LogP) is 3.48. The van der Waals surface area contributed by atoms with E-state index in [0.29, 0.717) is 25.4 Å². The molecule has 0 radical (unpaired) electrons. The molecule has 0 spiro atoms. The van der Waals surface area contributed by atoms with Crippen LogP contribution in [0.15, 0.2) is 48.5 Å². The van der Waals surface area contributed by atoms with Crippen LogP contribution in [0.25, 0.3) is 11.1 Å². The second-order valence-electron chi connectivity index (χ2n) is 9.36. The quantitative estimate of drug-likeness (QED) is 0.612. The van der Waals surface area contributed by atoms with Crippen molar-refractivity contribution in [1.29, 1.82) is 0 Å². The van der Waals surface area contributed by atoms with E-state index in [0.717, 1.165) is 24.0 Å². The summed E-state index contributed by atoms with van der Waals surface area (Å²) in [5.41, 5.74) is 4.68. The normalized spacial score (nSPS) is 20.5. The van der Waals surface area contributed by atoms with Crippen molar-refractivity contribution >= 4 is 18.0 Å². The fourth-order valence-corrected chi connectivity index (χ4v) is 4.88. The van der Waals surface area contributed by atoms with Crippen LogP contribution in [0, 0.1) is 17.8 Å². The summed E-state index contributed by atoms with van der Waals surface area (Å²) in [5, 5.41) is 11.9. The number of ether oxygens (including phenoxy) is 1. The van der Waals surface area contributed by atoms with Crippen molar-refractivity contribution < 1.29 is 24.2 Å². The van der Waals surface area contributed by atoms with Crippen molar-refractivity contribution in [2.24, 2.45) is 17.8 Å². The average Bonchev–Trinajstić information content (AvgIpc) is 3.74. The molecule has 172 valence electrons. The van der Waals surface area contributed by atoms with Gasteiger partial charge in [-0.15, -0.1) is 0 Å². The van der Waals surface area contributed by atoms with Crippen molar-refractivity contribution in [3.63, 3.8) is 0 Å². The van der Waals surface area contributed by atoms with Crippen LogP contribution < -0.4 is 5.32 Å². The minimum atomic E-state index is -0.988. The molecule has 3 aliphatic rings. The lowest BCUT2D eigenvalue weighted by molar-refractivity contribution is -0.145. The molecule has 3 aliphatic carbocycles. The van der Waals surface area contributed by atoms with Gasteiger partial charge in [0, 0.05) is 24.9 Å². The van der Waals surface area contributed by atoms with Crippen molar-refractivity contribution in [1.82, 2.24) is 10.2 Å². The summed E-state index contributed by atoms with van der Waals surface area (Å²) >= 11 is 0. The van der Waals surface area contributed by atoms with E-state index in [4.69, 9.17) is 9.84 Å². The first-order valence-corrected chi connectivity index (χ1v) is 11.6. The first-order chi connectivity index (χ1) is 16.0. The molecule has 0 saturated heterocycles. The number of nitrogens with one attached hydrogen (secondary N) is 1. The highest BCUT2D eigenvalue weighted by Gasteiger charge is 2.46. The molecule has 5 rings (SSSR count). The van der Waals surface area contributed by atoms with Crippen LogP contribution in [0.5, 0.6) is 0 Å². The summed E-state index contributed by atoms with van der Waals surface area (Å²) in [4.78, 5) is 37.7. The van der Waals surface area contributed by atoms with Gasteiger partial charge in [0.2, 0.25) is 5.91 Å². The molecule has 2 atom stereocenters. The number of hydrogen-bond donors (Lipinski definition) is 2. The number of aliphatic carboxylic acids is 1. The Morgan fingerprint density at radius 1 is 1.00 bits per heavy atom. The van der Waals surface area contributed by atoms with Crippen molar-refractivity contribution in [2.45, 2.75) is 25.2 Å². The van der Waals surface area contributed by atoms with Crippen molar-refractivity contribution in [3.05, 3.63) is 59.7 Å². The van der Waals surface area contributed by atoms with Crippen LogP contribution in [0.1, 0.15) is 36.3 Å². The Bertz CT molecular complexity index is 1030. The Morgan fingerprint density at radius 2 is 1.64 bits per heavy atom. The Hall–Kier alpha value is -3.35. The third kappa shape index (κ3) is 4.72. The minimum absolute atomic E-state index is 0.00500. The number of carboxylic acid groups (broad SMARTS) is 1. The highest BCUT2D eigenvalue weighted by atomic mass is 16.5. The number of carbonyl (C=O) groups excluding carboxylic acids is 2. The average molecular weight is 449 g/mol.